The molecule has 2 aromatic rings. The van der Waals surface area contributed by atoms with Gasteiger partial charge in [-0.2, -0.15) is 0 Å². The van der Waals surface area contributed by atoms with E-state index < -0.39 is 5.97 Å². The van der Waals surface area contributed by atoms with Crippen LogP contribution in [0.15, 0.2) is 54.6 Å². The number of carbonyl (C=O) groups is 2. The van der Waals surface area contributed by atoms with Crippen molar-refractivity contribution in [2.75, 3.05) is 5.73 Å². The average Bonchev–Trinajstić information content (AvgIpc) is 2.45. The molecule has 0 bridgehead atoms. The Morgan fingerprint density at radius 2 is 1.55 bits per heavy atom. The Bertz CT molecular complexity index is 690. The van der Waals surface area contributed by atoms with Crippen LogP contribution in [0.2, 0.25) is 0 Å². The van der Waals surface area contributed by atoms with E-state index in [0.29, 0.717) is 16.8 Å². The number of hydrogen-bond donors (Lipinski definition) is 2. The van der Waals surface area contributed by atoms with E-state index in [1.807, 2.05) is 0 Å². The topological polar surface area (TPSA) is 80.4 Å². The second kappa shape index (κ2) is 5.84. The van der Waals surface area contributed by atoms with Gasteiger partial charge in [0.05, 0.1) is 5.56 Å². The maximum Gasteiger partial charge on any atom is 0.336 e. The molecule has 0 saturated carbocycles. The summed E-state index contributed by atoms with van der Waals surface area (Å²) in [6.45, 7) is 0. The van der Waals surface area contributed by atoms with Gasteiger partial charge in [0.25, 0.3) is 0 Å². The molecule has 0 aliphatic heterocycles. The van der Waals surface area contributed by atoms with Crippen LogP contribution in [0.25, 0.3) is 6.08 Å². The quantitative estimate of drug-likeness (QED) is 0.507. The highest BCUT2D eigenvalue weighted by atomic mass is 16.4. The van der Waals surface area contributed by atoms with Crippen LogP contribution in [0.3, 0.4) is 0 Å². The van der Waals surface area contributed by atoms with Crippen LogP contribution in [0.4, 0.5) is 5.69 Å². The molecular weight excluding hydrogens is 254 g/mol. The molecule has 0 amide bonds. The number of anilines is 1. The van der Waals surface area contributed by atoms with Crippen LogP contribution >= 0.6 is 0 Å². The number of nitrogen functional groups attached to an aromatic ring is 1. The maximum absolute atomic E-state index is 12.0. The molecule has 100 valence electrons. The third-order valence-electron chi connectivity index (χ3n) is 2.83. The predicted molar refractivity (Wildman–Crippen MR) is 77.6 cm³/mol. The third kappa shape index (κ3) is 2.92. The Hall–Kier alpha value is -2.88. The number of para-hydroxylation sites is 1. The number of hydrogen-bond acceptors (Lipinski definition) is 3. The molecular formula is C16H13NO3. The zero-order valence-electron chi connectivity index (χ0n) is 10.6. The molecule has 0 aliphatic carbocycles. The molecule has 0 heterocycles. The lowest BCUT2D eigenvalue weighted by atomic mass is 10.0. The lowest BCUT2D eigenvalue weighted by molar-refractivity contribution is 0.0696. The number of carboxylic acids is 1. The van der Waals surface area contributed by atoms with E-state index in [9.17, 15) is 9.59 Å². The minimum atomic E-state index is -1.03. The zero-order chi connectivity index (χ0) is 14.5. The van der Waals surface area contributed by atoms with Gasteiger partial charge in [-0.05, 0) is 29.8 Å². The van der Waals surface area contributed by atoms with E-state index in [-0.39, 0.29) is 11.3 Å². The van der Waals surface area contributed by atoms with Crippen LogP contribution in [-0.2, 0) is 0 Å². The molecule has 0 radical (unpaired) electrons. The fraction of sp³-hybridized carbons (Fsp3) is 0. The maximum atomic E-state index is 12.0. The number of carboxylic acid groups (broad SMARTS) is 1. The monoisotopic (exact) mass is 267 g/mol. The molecule has 3 N–H and O–H groups in total. The number of carbonyl (C=O) groups excluding carboxylic acids is 1. The molecule has 0 atom stereocenters. The second-order valence-corrected chi connectivity index (χ2v) is 4.18. The minimum absolute atomic E-state index is 0.151. The standard InChI is InChI=1S/C16H13NO3/c17-14-8-4-3-7-13(14)15(18)10-9-11-5-1-2-6-12(11)16(19)20/h1-10H,17H2,(H,19,20). The molecule has 4 nitrogen and oxygen atoms in total. The number of allylic oxidation sites excluding steroid dienone is 1. The summed E-state index contributed by atoms with van der Waals surface area (Å²) < 4.78 is 0. The second-order valence-electron chi connectivity index (χ2n) is 4.18. The van der Waals surface area contributed by atoms with Crippen molar-refractivity contribution in [3.05, 3.63) is 71.3 Å². The van der Waals surface area contributed by atoms with Gasteiger partial charge in [-0.3, -0.25) is 4.79 Å². The van der Waals surface area contributed by atoms with Crippen molar-refractivity contribution in [2.24, 2.45) is 0 Å². The lowest BCUT2D eigenvalue weighted by Gasteiger charge is -2.02. The van der Waals surface area contributed by atoms with Gasteiger partial charge in [-0.1, -0.05) is 36.4 Å². The Morgan fingerprint density at radius 3 is 2.20 bits per heavy atom. The summed E-state index contributed by atoms with van der Waals surface area (Å²) in [4.78, 5) is 23.1. The minimum Gasteiger partial charge on any atom is -0.478 e. The smallest absolute Gasteiger partial charge is 0.336 e. The van der Waals surface area contributed by atoms with Gasteiger partial charge >= 0.3 is 5.97 Å². The molecule has 20 heavy (non-hydrogen) atoms. The highest BCUT2D eigenvalue weighted by Gasteiger charge is 2.08. The first-order chi connectivity index (χ1) is 9.59. The fourth-order valence-corrected chi connectivity index (χ4v) is 1.81. The molecule has 0 aliphatic rings. The Kier molecular flexibility index (Phi) is 3.96. The van der Waals surface area contributed by atoms with Crippen molar-refractivity contribution in [1.29, 1.82) is 0 Å². The van der Waals surface area contributed by atoms with Crippen molar-refractivity contribution in [2.45, 2.75) is 0 Å². The number of aromatic carboxylic acids is 1. The normalized spacial score (nSPS) is 10.6. The van der Waals surface area contributed by atoms with E-state index in [1.165, 1.54) is 18.2 Å². The summed E-state index contributed by atoms with van der Waals surface area (Å²) in [6, 6.07) is 13.2. The molecule has 4 heteroatoms. The van der Waals surface area contributed by atoms with Crippen molar-refractivity contribution in [3.63, 3.8) is 0 Å². The predicted octanol–water partition coefficient (Wildman–Crippen LogP) is 2.86. The Morgan fingerprint density at radius 1 is 0.950 bits per heavy atom. The van der Waals surface area contributed by atoms with Gasteiger partial charge in [0.15, 0.2) is 5.78 Å². The number of rotatable bonds is 4. The highest BCUT2D eigenvalue weighted by Crippen LogP contribution is 2.14. The van der Waals surface area contributed by atoms with E-state index >= 15 is 0 Å². The van der Waals surface area contributed by atoms with E-state index in [2.05, 4.69) is 0 Å². The van der Waals surface area contributed by atoms with Gasteiger partial charge in [0.2, 0.25) is 0 Å². The largest absolute Gasteiger partial charge is 0.478 e. The van der Waals surface area contributed by atoms with E-state index in [1.54, 1.807) is 42.5 Å². The van der Waals surface area contributed by atoms with Gasteiger partial charge in [-0.15, -0.1) is 0 Å². The molecule has 0 saturated heterocycles. The van der Waals surface area contributed by atoms with Gasteiger partial charge < -0.3 is 10.8 Å². The van der Waals surface area contributed by atoms with Crippen LogP contribution in [0.1, 0.15) is 26.3 Å². The van der Waals surface area contributed by atoms with Crippen LogP contribution < -0.4 is 5.73 Å². The van der Waals surface area contributed by atoms with Gasteiger partial charge in [0.1, 0.15) is 0 Å². The van der Waals surface area contributed by atoms with Gasteiger partial charge in [0, 0.05) is 11.3 Å². The first-order valence-corrected chi connectivity index (χ1v) is 5.99. The SMILES string of the molecule is Nc1ccccc1C(=O)C=Cc1ccccc1C(=O)O. The van der Waals surface area contributed by atoms with Crippen LogP contribution in [0.5, 0.6) is 0 Å². The van der Waals surface area contributed by atoms with Crippen molar-refractivity contribution < 1.29 is 14.7 Å². The Balaban J connectivity index is 2.29. The number of ketones is 1. The summed E-state index contributed by atoms with van der Waals surface area (Å²) >= 11 is 0. The van der Waals surface area contributed by atoms with Crippen molar-refractivity contribution in [1.82, 2.24) is 0 Å². The molecule has 0 aromatic heterocycles. The van der Waals surface area contributed by atoms with Crippen molar-refractivity contribution >= 4 is 23.5 Å². The molecule has 2 rings (SSSR count). The molecule has 2 aromatic carbocycles. The summed E-state index contributed by atoms with van der Waals surface area (Å²) in [5.74, 6) is -1.29. The molecule has 0 spiro atoms. The zero-order valence-corrected chi connectivity index (χ0v) is 10.6. The first kappa shape index (κ1) is 13.5. The Labute approximate surface area is 116 Å². The molecule has 0 fully saturated rings. The summed E-state index contributed by atoms with van der Waals surface area (Å²) in [5.41, 5.74) is 7.14. The summed E-state index contributed by atoms with van der Waals surface area (Å²) in [7, 11) is 0. The fourth-order valence-electron chi connectivity index (χ4n) is 1.81. The van der Waals surface area contributed by atoms with E-state index in [4.69, 9.17) is 10.8 Å². The molecule has 0 unspecified atom stereocenters. The van der Waals surface area contributed by atoms with Gasteiger partial charge in [-0.25, -0.2) is 4.79 Å². The average molecular weight is 267 g/mol. The third-order valence-corrected chi connectivity index (χ3v) is 2.83. The van der Waals surface area contributed by atoms with Crippen molar-refractivity contribution in [3.8, 4) is 0 Å². The highest BCUT2D eigenvalue weighted by molar-refractivity contribution is 6.10. The number of nitrogens with two attached hydrogens (primary N) is 1. The summed E-state index contributed by atoms with van der Waals surface area (Å²) in [5, 5.41) is 9.05. The lowest BCUT2D eigenvalue weighted by Crippen LogP contribution is -2.01. The van der Waals surface area contributed by atoms with Crippen LogP contribution in [0, 0.1) is 0 Å². The number of benzene rings is 2. The van der Waals surface area contributed by atoms with E-state index in [0.717, 1.165) is 0 Å². The summed E-state index contributed by atoms with van der Waals surface area (Å²) in [6.07, 6.45) is 2.81. The van der Waals surface area contributed by atoms with Crippen LogP contribution in [-0.4, -0.2) is 16.9 Å². The first-order valence-electron chi connectivity index (χ1n) is 5.99.